The number of amides is 1. The van der Waals surface area contributed by atoms with Crippen LogP contribution < -0.4 is 11.1 Å². The summed E-state index contributed by atoms with van der Waals surface area (Å²) in [6.07, 6.45) is 0.819. The van der Waals surface area contributed by atoms with Crippen molar-refractivity contribution in [2.24, 2.45) is 0 Å². The number of anilines is 2. The average molecular weight is 354 g/mol. The van der Waals surface area contributed by atoms with Gasteiger partial charge in [-0.2, -0.15) is 0 Å². The summed E-state index contributed by atoms with van der Waals surface area (Å²) in [5, 5.41) is 3.15. The normalized spacial score (nSPS) is 10.3. The van der Waals surface area contributed by atoms with Gasteiger partial charge in [0.2, 0.25) is 0 Å². The highest BCUT2D eigenvalue weighted by Gasteiger charge is 2.13. The molecule has 2 rings (SSSR count). The summed E-state index contributed by atoms with van der Waals surface area (Å²) in [5.41, 5.74) is 8.30. The SMILES string of the molecule is CCc1cc(Br)ccc1NC(=O)c1cccc(N)c1Cl. The van der Waals surface area contributed by atoms with E-state index in [4.69, 9.17) is 17.3 Å². The maximum absolute atomic E-state index is 12.3. The summed E-state index contributed by atoms with van der Waals surface area (Å²) >= 11 is 9.48. The molecule has 0 unspecified atom stereocenters. The number of nitrogens with one attached hydrogen (secondary N) is 1. The van der Waals surface area contributed by atoms with Gasteiger partial charge in [-0.25, -0.2) is 0 Å². The van der Waals surface area contributed by atoms with Crippen molar-refractivity contribution in [1.82, 2.24) is 0 Å². The van der Waals surface area contributed by atoms with E-state index in [9.17, 15) is 4.79 Å². The molecular weight excluding hydrogens is 340 g/mol. The zero-order valence-corrected chi connectivity index (χ0v) is 13.3. The fourth-order valence-corrected chi connectivity index (χ4v) is 2.51. The number of hydrogen-bond donors (Lipinski definition) is 2. The first-order chi connectivity index (χ1) is 9.52. The number of hydrogen-bond acceptors (Lipinski definition) is 2. The second-order valence-corrected chi connectivity index (χ2v) is 5.61. The highest BCUT2D eigenvalue weighted by molar-refractivity contribution is 9.10. The second-order valence-electron chi connectivity index (χ2n) is 4.32. The lowest BCUT2D eigenvalue weighted by Crippen LogP contribution is -2.14. The summed E-state index contributed by atoms with van der Waals surface area (Å²) in [4.78, 5) is 12.3. The van der Waals surface area contributed by atoms with E-state index in [1.165, 1.54) is 0 Å². The molecule has 104 valence electrons. The van der Waals surface area contributed by atoms with Crippen molar-refractivity contribution >= 4 is 44.8 Å². The second kappa shape index (κ2) is 6.29. The van der Waals surface area contributed by atoms with Gasteiger partial charge < -0.3 is 11.1 Å². The standard InChI is InChI=1S/C15H14BrClN2O/c1-2-9-8-10(16)6-7-13(9)19-15(20)11-4-3-5-12(18)14(11)17/h3-8H,2,18H2,1H3,(H,19,20). The Kier molecular flexibility index (Phi) is 4.68. The van der Waals surface area contributed by atoms with E-state index in [0.29, 0.717) is 11.3 Å². The lowest BCUT2D eigenvalue weighted by molar-refractivity contribution is 0.102. The summed E-state index contributed by atoms with van der Waals surface area (Å²) in [6, 6.07) is 10.8. The largest absolute Gasteiger partial charge is 0.398 e. The van der Waals surface area contributed by atoms with Gasteiger partial charge in [0.1, 0.15) is 0 Å². The first kappa shape index (κ1) is 14.9. The molecule has 0 aliphatic rings. The van der Waals surface area contributed by atoms with Crippen LogP contribution in [0.4, 0.5) is 11.4 Å². The minimum atomic E-state index is -0.265. The molecule has 1 amide bonds. The molecule has 2 aromatic rings. The number of nitrogens with two attached hydrogens (primary N) is 1. The molecule has 0 spiro atoms. The van der Waals surface area contributed by atoms with E-state index in [1.54, 1.807) is 18.2 Å². The molecule has 5 heteroatoms. The van der Waals surface area contributed by atoms with E-state index < -0.39 is 0 Å². The van der Waals surface area contributed by atoms with E-state index in [2.05, 4.69) is 21.2 Å². The molecule has 2 aromatic carbocycles. The molecular formula is C15H14BrClN2O. The lowest BCUT2D eigenvalue weighted by atomic mass is 10.1. The molecule has 0 aromatic heterocycles. The van der Waals surface area contributed by atoms with Gasteiger partial charge in [-0.3, -0.25) is 4.79 Å². The van der Waals surface area contributed by atoms with Crippen LogP contribution >= 0.6 is 27.5 Å². The van der Waals surface area contributed by atoms with Crippen molar-refractivity contribution < 1.29 is 4.79 Å². The van der Waals surface area contributed by atoms with Crippen LogP contribution in [0.1, 0.15) is 22.8 Å². The highest BCUT2D eigenvalue weighted by Crippen LogP contribution is 2.26. The quantitative estimate of drug-likeness (QED) is 0.798. The Balaban J connectivity index is 2.30. The third-order valence-corrected chi connectivity index (χ3v) is 3.88. The highest BCUT2D eigenvalue weighted by atomic mass is 79.9. The van der Waals surface area contributed by atoms with E-state index >= 15 is 0 Å². The van der Waals surface area contributed by atoms with E-state index in [-0.39, 0.29) is 10.9 Å². The van der Waals surface area contributed by atoms with Gasteiger partial charge in [0.25, 0.3) is 5.91 Å². The van der Waals surface area contributed by atoms with Crippen molar-refractivity contribution in [1.29, 1.82) is 0 Å². The Morgan fingerprint density at radius 3 is 2.80 bits per heavy atom. The molecule has 0 saturated carbocycles. The number of aryl methyl sites for hydroxylation is 1. The van der Waals surface area contributed by atoms with Gasteiger partial charge in [0, 0.05) is 10.2 Å². The van der Waals surface area contributed by atoms with E-state index in [0.717, 1.165) is 22.1 Å². The van der Waals surface area contributed by atoms with Crippen LogP contribution in [-0.2, 0) is 6.42 Å². The molecule has 0 aliphatic heterocycles. The van der Waals surface area contributed by atoms with Gasteiger partial charge in [-0.1, -0.05) is 40.5 Å². The van der Waals surface area contributed by atoms with Crippen LogP contribution in [0.3, 0.4) is 0 Å². The predicted octanol–water partition coefficient (Wildman–Crippen LogP) is 4.50. The van der Waals surface area contributed by atoms with Crippen LogP contribution in [0.25, 0.3) is 0 Å². The van der Waals surface area contributed by atoms with Crippen molar-refractivity contribution in [3.63, 3.8) is 0 Å². The van der Waals surface area contributed by atoms with Crippen LogP contribution in [0.2, 0.25) is 5.02 Å². The Hall–Kier alpha value is -1.52. The minimum absolute atomic E-state index is 0.265. The van der Waals surface area contributed by atoms with Gasteiger partial charge in [-0.05, 0) is 42.3 Å². The summed E-state index contributed by atoms with van der Waals surface area (Å²) in [7, 11) is 0. The third kappa shape index (κ3) is 3.14. The number of carbonyl (C=O) groups excluding carboxylic acids is 1. The molecule has 0 fully saturated rings. The maximum atomic E-state index is 12.3. The Labute approximate surface area is 131 Å². The zero-order valence-electron chi connectivity index (χ0n) is 10.9. The van der Waals surface area contributed by atoms with Crippen molar-refractivity contribution in [2.75, 3.05) is 11.1 Å². The molecule has 0 atom stereocenters. The van der Waals surface area contributed by atoms with Gasteiger partial charge in [0.15, 0.2) is 0 Å². The molecule has 0 saturated heterocycles. The topological polar surface area (TPSA) is 55.1 Å². The smallest absolute Gasteiger partial charge is 0.257 e. The number of nitrogen functional groups attached to an aromatic ring is 1. The summed E-state index contributed by atoms with van der Waals surface area (Å²) in [5.74, 6) is -0.265. The molecule has 3 nitrogen and oxygen atoms in total. The zero-order chi connectivity index (χ0) is 14.7. The number of rotatable bonds is 3. The van der Waals surface area contributed by atoms with Crippen LogP contribution in [0.15, 0.2) is 40.9 Å². The average Bonchev–Trinajstić information content (AvgIpc) is 2.43. The molecule has 0 radical (unpaired) electrons. The summed E-state index contributed by atoms with van der Waals surface area (Å²) < 4.78 is 0.981. The first-order valence-electron chi connectivity index (χ1n) is 6.16. The Morgan fingerprint density at radius 2 is 2.10 bits per heavy atom. The van der Waals surface area contributed by atoms with Crippen LogP contribution in [-0.4, -0.2) is 5.91 Å². The van der Waals surface area contributed by atoms with Gasteiger partial charge >= 0.3 is 0 Å². The molecule has 0 heterocycles. The summed E-state index contributed by atoms with van der Waals surface area (Å²) in [6.45, 7) is 2.03. The Morgan fingerprint density at radius 1 is 1.35 bits per heavy atom. The van der Waals surface area contributed by atoms with Crippen LogP contribution in [0.5, 0.6) is 0 Å². The Bertz CT molecular complexity index is 658. The number of benzene rings is 2. The third-order valence-electron chi connectivity index (χ3n) is 2.97. The number of carbonyl (C=O) groups is 1. The maximum Gasteiger partial charge on any atom is 0.257 e. The van der Waals surface area contributed by atoms with Crippen LogP contribution in [0, 0.1) is 0 Å². The lowest BCUT2D eigenvalue weighted by Gasteiger charge is -2.12. The molecule has 0 bridgehead atoms. The van der Waals surface area contributed by atoms with Gasteiger partial charge in [0.05, 0.1) is 16.3 Å². The predicted molar refractivity (Wildman–Crippen MR) is 87.3 cm³/mol. The molecule has 0 aliphatic carbocycles. The number of halogens is 2. The minimum Gasteiger partial charge on any atom is -0.398 e. The molecule has 3 N–H and O–H groups in total. The van der Waals surface area contributed by atoms with Crippen molar-refractivity contribution in [3.05, 3.63) is 57.0 Å². The monoisotopic (exact) mass is 352 g/mol. The fourth-order valence-electron chi connectivity index (χ4n) is 1.89. The molecule has 20 heavy (non-hydrogen) atoms. The van der Waals surface area contributed by atoms with Crippen molar-refractivity contribution in [2.45, 2.75) is 13.3 Å². The van der Waals surface area contributed by atoms with Crippen molar-refractivity contribution in [3.8, 4) is 0 Å². The van der Waals surface area contributed by atoms with Gasteiger partial charge in [-0.15, -0.1) is 0 Å². The van der Waals surface area contributed by atoms with E-state index in [1.807, 2.05) is 25.1 Å². The fraction of sp³-hybridized carbons (Fsp3) is 0.133. The first-order valence-corrected chi connectivity index (χ1v) is 7.33.